The summed E-state index contributed by atoms with van der Waals surface area (Å²) < 4.78 is 14.5. The molecule has 0 aliphatic carbocycles. The number of rotatable bonds is 1. The Morgan fingerprint density at radius 2 is 2.23 bits per heavy atom. The zero-order chi connectivity index (χ0) is 9.26. The summed E-state index contributed by atoms with van der Waals surface area (Å²) >= 11 is 0. The molecular weight excluding hydrogens is 171 g/mol. The van der Waals surface area contributed by atoms with Gasteiger partial charge in [0.2, 0.25) is 0 Å². The lowest BCUT2D eigenvalue weighted by Crippen LogP contribution is -2.02. The van der Waals surface area contributed by atoms with Crippen molar-refractivity contribution < 1.29 is 4.39 Å². The highest BCUT2D eigenvalue weighted by atomic mass is 19.1. The van der Waals surface area contributed by atoms with E-state index >= 15 is 0 Å². The molecule has 0 saturated carbocycles. The second kappa shape index (κ2) is 2.85. The molecule has 2 rings (SSSR count). The third-order valence-electron chi connectivity index (χ3n) is 1.67. The second-order valence-electron chi connectivity index (χ2n) is 2.52. The van der Waals surface area contributed by atoms with Crippen LogP contribution in [0.5, 0.6) is 0 Å². The average molecular weight is 178 g/mol. The maximum Gasteiger partial charge on any atom is 0.151 e. The summed E-state index contributed by atoms with van der Waals surface area (Å²) in [5.74, 6) is -0.412. The van der Waals surface area contributed by atoms with Gasteiger partial charge in [0.25, 0.3) is 0 Å². The number of nitrogens with zero attached hydrogens (tertiary/aromatic N) is 3. The van der Waals surface area contributed by atoms with Crippen LogP contribution in [0.3, 0.4) is 0 Å². The van der Waals surface area contributed by atoms with Crippen LogP contribution in [0.15, 0.2) is 30.9 Å². The molecule has 0 fully saturated rings. The highest BCUT2D eigenvalue weighted by Gasteiger charge is 2.07. The average Bonchev–Trinajstić information content (AvgIpc) is 2.57. The minimum atomic E-state index is -0.412. The number of nitrogen functional groups attached to an aromatic ring is 1. The van der Waals surface area contributed by atoms with Crippen molar-refractivity contribution in [1.29, 1.82) is 0 Å². The molecule has 1 aromatic heterocycles. The van der Waals surface area contributed by atoms with Crippen molar-refractivity contribution in [1.82, 2.24) is 14.8 Å². The van der Waals surface area contributed by atoms with Gasteiger partial charge in [-0.2, -0.15) is 5.10 Å². The van der Waals surface area contributed by atoms with Crippen LogP contribution in [-0.2, 0) is 0 Å². The molecule has 0 aliphatic heterocycles. The van der Waals surface area contributed by atoms with E-state index in [0.29, 0.717) is 5.69 Å². The summed E-state index contributed by atoms with van der Waals surface area (Å²) in [6, 6.07) is 4.48. The minimum absolute atomic E-state index is 0.236. The number of aromatic nitrogens is 3. The lowest BCUT2D eigenvalue weighted by Gasteiger charge is -2.04. The first-order valence-electron chi connectivity index (χ1n) is 3.68. The van der Waals surface area contributed by atoms with Crippen LogP contribution in [0.4, 0.5) is 10.1 Å². The predicted molar refractivity (Wildman–Crippen MR) is 45.7 cm³/mol. The fourth-order valence-corrected chi connectivity index (χ4v) is 1.10. The molecule has 0 atom stereocenters. The van der Waals surface area contributed by atoms with Gasteiger partial charge in [-0.25, -0.2) is 14.1 Å². The van der Waals surface area contributed by atoms with Gasteiger partial charge in [-0.1, -0.05) is 6.07 Å². The summed E-state index contributed by atoms with van der Waals surface area (Å²) in [6.07, 6.45) is 2.72. The monoisotopic (exact) mass is 178 g/mol. The van der Waals surface area contributed by atoms with Crippen LogP contribution in [0.25, 0.3) is 5.69 Å². The summed E-state index contributed by atoms with van der Waals surface area (Å²) in [7, 11) is 0. The summed E-state index contributed by atoms with van der Waals surface area (Å²) in [6.45, 7) is 0. The van der Waals surface area contributed by atoms with E-state index in [4.69, 9.17) is 5.73 Å². The molecule has 13 heavy (non-hydrogen) atoms. The lowest BCUT2D eigenvalue weighted by molar-refractivity contribution is 0.611. The summed E-state index contributed by atoms with van der Waals surface area (Å²) in [4.78, 5) is 3.71. The van der Waals surface area contributed by atoms with Gasteiger partial charge in [-0.3, -0.25) is 0 Å². The van der Waals surface area contributed by atoms with E-state index in [-0.39, 0.29) is 5.69 Å². The van der Waals surface area contributed by atoms with Gasteiger partial charge in [-0.15, -0.1) is 0 Å². The Labute approximate surface area is 73.8 Å². The first kappa shape index (κ1) is 7.72. The number of halogens is 1. The minimum Gasteiger partial charge on any atom is -0.397 e. The van der Waals surface area contributed by atoms with E-state index in [1.165, 1.54) is 23.4 Å². The Morgan fingerprint density at radius 1 is 1.38 bits per heavy atom. The van der Waals surface area contributed by atoms with Gasteiger partial charge in [-0.05, 0) is 12.1 Å². The van der Waals surface area contributed by atoms with E-state index in [2.05, 4.69) is 10.1 Å². The second-order valence-corrected chi connectivity index (χ2v) is 2.52. The van der Waals surface area contributed by atoms with E-state index < -0.39 is 5.82 Å². The van der Waals surface area contributed by atoms with Crippen LogP contribution in [0, 0.1) is 5.82 Å². The van der Waals surface area contributed by atoms with Gasteiger partial charge in [0.05, 0.1) is 5.69 Å². The molecule has 4 nitrogen and oxygen atoms in total. The largest absolute Gasteiger partial charge is 0.397 e. The van der Waals surface area contributed by atoms with Crippen molar-refractivity contribution in [3.63, 3.8) is 0 Å². The van der Waals surface area contributed by atoms with E-state index in [1.807, 2.05) is 0 Å². The number of nitrogens with two attached hydrogens (primary N) is 1. The first-order valence-corrected chi connectivity index (χ1v) is 3.68. The number of hydrogen-bond donors (Lipinski definition) is 1. The molecular formula is C8H7FN4. The Kier molecular flexibility index (Phi) is 1.70. The molecule has 0 bridgehead atoms. The number of hydrogen-bond acceptors (Lipinski definition) is 3. The Bertz CT molecular complexity index is 390. The van der Waals surface area contributed by atoms with Gasteiger partial charge < -0.3 is 5.73 Å². The maximum atomic E-state index is 13.2. The third-order valence-corrected chi connectivity index (χ3v) is 1.67. The summed E-state index contributed by atoms with van der Waals surface area (Å²) in [5.41, 5.74) is 6.16. The molecule has 0 unspecified atom stereocenters. The zero-order valence-corrected chi connectivity index (χ0v) is 6.68. The van der Waals surface area contributed by atoms with Gasteiger partial charge >= 0.3 is 0 Å². The molecule has 1 heterocycles. The molecule has 0 aliphatic rings. The molecule has 0 spiro atoms. The third kappa shape index (κ3) is 1.24. The van der Waals surface area contributed by atoms with Crippen molar-refractivity contribution in [3.8, 4) is 5.69 Å². The number of para-hydroxylation sites is 1. The van der Waals surface area contributed by atoms with E-state index in [1.54, 1.807) is 12.1 Å². The molecule has 2 aromatic rings. The molecule has 0 radical (unpaired) electrons. The predicted octanol–water partition coefficient (Wildman–Crippen LogP) is 0.989. The van der Waals surface area contributed by atoms with E-state index in [9.17, 15) is 4.39 Å². The van der Waals surface area contributed by atoms with Crippen molar-refractivity contribution in [3.05, 3.63) is 36.7 Å². The van der Waals surface area contributed by atoms with Gasteiger partial charge in [0.15, 0.2) is 5.82 Å². The zero-order valence-electron chi connectivity index (χ0n) is 6.68. The van der Waals surface area contributed by atoms with Crippen molar-refractivity contribution in [2.75, 3.05) is 5.73 Å². The maximum absolute atomic E-state index is 13.2. The molecule has 0 amide bonds. The Hall–Kier alpha value is -1.91. The molecule has 0 saturated heterocycles. The lowest BCUT2D eigenvalue weighted by atomic mass is 10.2. The highest BCUT2D eigenvalue weighted by molar-refractivity contribution is 5.57. The summed E-state index contributed by atoms with van der Waals surface area (Å²) in [5, 5.41) is 3.79. The van der Waals surface area contributed by atoms with Crippen LogP contribution >= 0.6 is 0 Å². The number of benzene rings is 1. The molecule has 2 N–H and O–H groups in total. The Morgan fingerprint density at radius 3 is 2.85 bits per heavy atom. The van der Waals surface area contributed by atoms with Gasteiger partial charge in [0.1, 0.15) is 18.3 Å². The van der Waals surface area contributed by atoms with E-state index in [0.717, 1.165) is 0 Å². The fourth-order valence-electron chi connectivity index (χ4n) is 1.10. The van der Waals surface area contributed by atoms with Crippen LogP contribution in [0.1, 0.15) is 0 Å². The quantitative estimate of drug-likeness (QED) is 0.662. The van der Waals surface area contributed by atoms with Crippen LogP contribution in [0.2, 0.25) is 0 Å². The normalized spacial score (nSPS) is 10.2. The smallest absolute Gasteiger partial charge is 0.151 e. The fraction of sp³-hybridized carbons (Fsp3) is 0. The first-order chi connectivity index (χ1) is 6.29. The highest BCUT2D eigenvalue weighted by Crippen LogP contribution is 2.18. The van der Waals surface area contributed by atoms with Gasteiger partial charge in [0, 0.05) is 0 Å². The molecule has 5 heteroatoms. The topological polar surface area (TPSA) is 56.7 Å². The molecule has 66 valence electrons. The van der Waals surface area contributed by atoms with Crippen molar-refractivity contribution in [2.45, 2.75) is 0 Å². The standard InChI is InChI=1S/C8H7FN4/c9-6-2-1-3-7(10)8(6)13-5-11-4-12-13/h1-5H,10H2. The van der Waals surface area contributed by atoms with Crippen molar-refractivity contribution >= 4 is 5.69 Å². The van der Waals surface area contributed by atoms with Crippen LogP contribution in [-0.4, -0.2) is 14.8 Å². The van der Waals surface area contributed by atoms with Crippen LogP contribution < -0.4 is 5.73 Å². The number of anilines is 1. The van der Waals surface area contributed by atoms with Crippen molar-refractivity contribution in [2.24, 2.45) is 0 Å². The SMILES string of the molecule is Nc1cccc(F)c1-n1cncn1. The Balaban J connectivity index is 2.64. The molecule has 1 aromatic carbocycles.